The van der Waals surface area contributed by atoms with Crippen LogP contribution in [0.4, 0.5) is 8.78 Å². The minimum absolute atomic E-state index is 0.0181. The minimum Gasteiger partial charge on any atom is -0.508 e. The molecular formula is C23H19F2N3O4. The third-order valence-corrected chi connectivity index (χ3v) is 5.26. The zero-order chi connectivity index (χ0) is 22.2. The van der Waals surface area contributed by atoms with E-state index in [1.54, 1.807) is 42.6 Å². The van der Waals surface area contributed by atoms with Gasteiger partial charge in [-0.15, -0.1) is 0 Å². The molecule has 2 heterocycles. The summed E-state index contributed by atoms with van der Waals surface area (Å²) in [5.41, 5.74) is 2.41. The van der Waals surface area contributed by atoms with Crippen molar-refractivity contribution in [1.82, 2.24) is 14.8 Å². The molecule has 2 N–H and O–H groups in total. The Bertz CT molecular complexity index is 1340. The second-order valence-electron chi connectivity index (χ2n) is 7.64. The highest BCUT2D eigenvalue weighted by molar-refractivity contribution is 5.86. The lowest BCUT2D eigenvalue weighted by molar-refractivity contribution is -0.0516. The molecule has 5 rings (SSSR count). The number of phenolic OH excluding ortho intramolecular Hbond substituents is 1. The summed E-state index contributed by atoms with van der Waals surface area (Å²) < 4.78 is 38.0. The summed E-state index contributed by atoms with van der Waals surface area (Å²) in [5.74, 6) is 0.322. The zero-order valence-corrected chi connectivity index (χ0v) is 16.8. The predicted molar refractivity (Wildman–Crippen MR) is 113 cm³/mol. The topological polar surface area (TPSA) is 89.4 Å². The number of halogens is 2. The molecule has 1 aliphatic rings. The summed E-state index contributed by atoms with van der Waals surface area (Å²) in [6.07, 6.45) is 3.25. The molecule has 0 saturated heterocycles. The van der Waals surface area contributed by atoms with Crippen molar-refractivity contribution in [3.8, 4) is 28.5 Å². The average molecular weight is 439 g/mol. The van der Waals surface area contributed by atoms with Crippen LogP contribution >= 0.6 is 0 Å². The van der Waals surface area contributed by atoms with Crippen LogP contribution in [-0.2, 0) is 6.54 Å². The lowest BCUT2D eigenvalue weighted by atomic mass is 10.1. The molecule has 4 aromatic rings. The molecule has 0 atom stereocenters. The summed E-state index contributed by atoms with van der Waals surface area (Å²) in [7, 11) is 0. The maximum atomic E-state index is 12.9. The van der Waals surface area contributed by atoms with Crippen molar-refractivity contribution in [3.63, 3.8) is 0 Å². The van der Waals surface area contributed by atoms with Gasteiger partial charge in [-0.25, -0.2) is 5.10 Å². The number of aromatic hydroxyl groups is 1. The van der Waals surface area contributed by atoms with Crippen LogP contribution in [0.3, 0.4) is 0 Å². The van der Waals surface area contributed by atoms with Gasteiger partial charge < -0.3 is 19.1 Å². The van der Waals surface area contributed by atoms with Gasteiger partial charge in [0, 0.05) is 17.8 Å². The third-order valence-electron chi connectivity index (χ3n) is 5.26. The van der Waals surface area contributed by atoms with Gasteiger partial charge in [-0.1, -0.05) is 12.1 Å². The number of nitrogens with zero attached hydrogens (tertiary/aromatic N) is 2. The Balaban J connectivity index is 1.64. The van der Waals surface area contributed by atoms with Crippen molar-refractivity contribution in [2.75, 3.05) is 0 Å². The first kappa shape index (κ1) is 20.0. The highest BCUT2D eigenvalue weighted by Crippen LogP contribution is 2.38. The van der Waals surface area contributed by atoms with Gasteiger partial charge >= 0.3 is 6.61 Å². The number of hydrogen-bond donors (Lipinski definition) is 2. The number of aromatic amines is 1. The van der Waals surface area contributed by atoms with E-state index in [4.69, 9.17) is 4.74 Å². The Morgan fingerprint density at radius 2 is 2.00 bits per heavy atom. The number of rotatable bonds is 7. The average Bonchev–Trinajstić information content (AvgIpc) is 3.49. The Kier molecular flexibility index (Phi) is 5.01. The van der Waals surface area contributed by atoms with Crippen LogP contribution in [0, 0.1) is 0 Å². The van der Waals surface area contributed by atoms with Gasteiger partial charge in [0.15, 0.2) is 11.5 Å². The van der Waals surface area contributed by atoms with E-state index in [-0.39, 0.29) is 28.9 Å². The number of H-pyrrole nitrogens is 1. The fraction of sp³-hybridized carbons (Fsp3) is 0.217. The Hall–Kier alpha value is -3.88. The van der Waals surface area contributed by atoms with Crippen molar-refractivity contribution >= 4 is 10.9 Å². The van der Waals surface area contributed by atoms with Crippen LogP contribution in [0.1, 0.15) is 18.4 Å². The number of aromatic nitrogens is 3. The van der Waals surface area contributed by atoms with Crippen molar-refractivity contribution in [1.29, 1.82) is 0 Å². The van der Waals surface area contributed by atoms with Gasteiger partial charge in [0.2, 0.25) is 0 Å². The number of alkyl halides is 2. The molecule has 0 unspecified atom stereocenters. The molecule has 9 heteroatoms. The van der Waals surface area contributed by atoms with Crippen molar-refractivity contribution in [3.05, 3.63) is 70.6 Å². The molecule has 2 aromatic carbocycles. The smallest absolute Gasteiger partial charge is 0.387 e. The SMILES string of the molecule is O=c1[nH]ncc2c1cc(-c1ccc(OC(F)F)c(OC3CC3)c1)n2Cc1cccc(O)c1. The van der Waals surface area contributed by atoms with Gasteiger partial charge in [0.1, 0.15) is 5.75 Å². The van der Waals surface area contributed by atoms with E-state index in [9.17, 15) is 18.7 Å². The largest absolute Gasteiger partial charge is 0.508 e. The highest BCUT2D eigenvalue weighted by atomic mass is 19.3. The van der Waals surface area contributed by atoms with E-state index in [0.29, 0.717) is 28.7 Å². The van der Waals surface area contributed by atoms with E-state index in [0.717, 1.165) is 18.4 Å². The van der Waals surface area contributed by atoms with Crippen LogP contribution in [0.15, 0.2) is 59.5 Å². The maximum absolute atomic E-state index is 12.9. The summed E-state index contributed by atoms with van der Waals surface area (Å²) in [6.45, 7) is -2.61. The minimum atomic E-state index is -2.97. The Morgan fingerprint density at radius 3 is 2.75 bits per heavy atom. The second-order valence-corrected chi connectivity index (χ2v) is 7.64. The standard InChI is InChI=1S/C23H19F2N3O4/c24-23(25)32-20-7-4-14(9-21(20)31-16-5-6-16)18-10-17-19(11-26-27-22(17)30)28(18)12-13-2-1-3-15(29)8-13/h1-4,7-11,16,23,29H,5-6,12H2,(H,27,30). The first-order chi connectivity index (χ1) is 15.5. The summed E-state index contributed by atoms with van der Waals surface area (Å²) in [4.78, 5) is 12.4. The fourth-order valence-corrected chi connectivity index (χ4v) is 3.66. The summed E-state index contributed by atoms with van der Waals surface area (Å²) in [5, 5.41) is 16.6. The molecule has 2 aromatic heterocycles. The first-order valence-electron chi connectivity index (χ1n) is 10.1. The number of fused-ring (bicyclic) bond motifs is 1. The monoisotopic (exact) mass is 439 g/mol. The molecule has 0 aliphatic heterocycles. The molecule has 0 radical (unpaired) electrons. The Morgan fingerprint density at radius 1 is 1.16 bits per heavy atom. The molecule has 1 fully saturated rings. The number of benzene rings is 2. The molecule has 0 bridgehead atoms. The summed E-state index contributed by atoms with van der Waals surface area (Å²) in [6, 6.07) is 13.3. The van der Waals surface area contributed by atoms with Gasteiger partial charge in [-0.05, 0) is 54.8 Å². The van der Waals surface area contributed by atoms with Crippen LogP contribution in [0.25, 0.3) is 22.2 Å². The molecule has 1 aliphatic carbocycles. The molecule has 7 nitrogen and oxygen atoms in total. The van der Waals surface area contributed by atoms with E-state index in [1.165, 1.54) is 6.07 Å². The van der Waals surface area contributed by atoms with E-state index in [1.807, 2.05) is 10.6 Å². The fourth-order valence-electron chi connectivity index (χ4n) is 3.66. The number of nitrogens with one attached hydrogen (secondary N) is 1. The third kappa shape index (κ3) is 4.01. The normalized spacial score (nSPS) is 13.6. The quantitative estimate of drug-likeness (QED) is 0.449. The van der Waals surface area contributed by atoms with E-state index in [2.05, 4.69) is 14.9 Å². The van der Waals surface area contributed by atoms with Crippen LogP contribution in [0.2, 0.25) is 0 Å². The number of ether oxygens (including phenoxy) is 2. The molecular weight excluding hydrogens is 420 g/mol. The van der Waals surface area contributed by atoms with Gasteiger partial charge in [-0.2, -0.15) is 13.9 Å². The summed E-state index contributed by atoms with van der Waals surface area (Å²) >= 11 is 0. The zero-order valence-electron chi connectivity index (χ0n) is 16.8. The molecule has 0 amide bonds. The molecule has 32 heavy (non-hydrogen) atoms. The molecule has 164 valence electrons. The first-order valence-corrected chi connectivity index (χ1v) is 10.1. The number of hydrogen-bond acceptors (Lipinski definition) is 5. The van der Waals surface area contributed by atoms with E-state index >= 15 is 0 Å². The predicted octanol–water partition coefficient (Wildman–Crippen LogP) is 4.29. The maximum Gasteiger partial charge on any atom is 0.387 e. The molecule has 0 spiro atoms. The van der Waals surface area contributed by atoms with Gasteiger partial charge in [-0.3, -0.25) is 4.79 Å². The van der Waals surface area contributed by atoms with Crippen molar-refractivity contribution < 1.29 is 23.4 Å². The van der Waals surface area contributed by atoms with Gasteiger partial charge in [0.05, 0.1) is 23.2 Å². The van der Waals surface area contributed by atoms with Crippen molar-refractivity contribution in [2.24, 2.45) is 0 Å². The Labute approximate surface area is 180 Å². The highest BCUT2D eigenvalue weighted by Gasteiger charge is 2.26. The lowest BCUT2D eigenvalue weighted by Crippen LogP contribution is -2.08. The van der Waals surface area contributed by atoms with Crippen LogP contribution < -0.4 is 15.0 Å². The second kappa shape index (κ2) is 7.99. The lowest BCUT2D eigenvalue weighted by Gasteiger charge is -2.15. The van der Waals surface area contributed by atoms with Crippen LogP contribution in [-0.4, -0.2) is 32.6 Å². The molecule has 1 saturated carbocycles. The van der Waals surface area contributed by atoms with Crippen molar-refractivity contribution in [2.45, 2.75) is 32.1 Å². The number of phenols is 1. The van der Waals surface area contributed by atoms with E-state index < -0.39 is 6.61 Å². The van der Waals surface area contributed by atoms with Crippen LogP contribution in [0.5, 0.6) is 17.2 Å². The van der Waals surface area contributed by atoms with Gasteiger partial charge in [0.25, 0.3) is 5.56 Å².